The lowest BCUT2D eigenvalue weighted by Crippen LogP contribution is -2.51. The molecular formula is C18H20N2O5. The lowest BCUT2D eigenvalue weighted by molar-refractivity contribution is -0.153. The normalized spacial score (nSPS) is 31.2. The molecule has 0 saturated carbocycles. The van der Waals surface area contributed by atoms with Gasteiger partial charge in [-0.2, -0.15) is 5.01 Å². The second-order valence-electron chi connectivity index (χ2n) is 6.90. The molecule has 0 radical (unpaired) electrons. The van der Waals surface area contributed by atoms with E-state index in [4.69, 9.17) is 9.47 Å². The monoisotopic (exact) mass is 344 g/mol. The van der Waals surface area contributed by atoms with E-state index in [0.29, 0.717) is 5.75 Å². The smallest absolute Gasteiger partial charge is 0.279 e. The number of nitrogens with one attached hydrogen (secondary N) is 1. The number of amides is 3. The van der Waals surface area contributed by atoms with Gasteiger partial charge in [0.2, 0.25) is 0 Å². The van der Waals surface area contributed by atoms with Crippen molar-refractivity contribution in [3.8, 4) is 5.75 Å². The van der Waals surface area contributed by atoms with Crippen LogP contribution in [0.15, 0.2) is 24.3 Å². The third-order valence-corrected chi connectivity index (χ3v) is 5.21. The van der Waals surface area contributed by atoms with Crippen LogP contribution < -0.4 is 10.2 Å². The zero-order valence-electron chi connectivity index (χ0n) is 14.1. The summed E-state index contributed by atoms with van der Waals surface area (Å²) < 4.78 is 11.2. The average Bonchev–Trinajstić information content (AvgIpc) is 3.26. The van der Waals surface area contributed by atoms with E-state index < -0.39 is 23.8 Å². The van der Waals surface area contributed by atoms with Gasteiger partial charge in [-0.3, -0.25) is 19.8 Å². The first-order valence-electron chi connectivity index (χ1n) is 8.53. The zero-order valence-corrected chi connectivity index (χ0v) is 14.1. The van der Waals surface area contributed by atoms with Crippen molar-refractivity contribution >= 4 is 17.7 Å². The summed E-state index contributed by atoms with van der Waals surface area (Å²) in [5, 5.41) is 0.862. The fourth-order valence-electron chi connectivity index (χ4n) is 3.90. The minimum Gasteiger partial charge on any atom is -0.481 e. The maximum Gasteiger partial charge on any atom is 0.279 e. The molecular weight excluding hydrogens is 324 g/mol. The number of carbonyl (C=O) groups excluding carboxylic acids is 3. The summed E-state index contributed by atoms with van der Waals surface area (Å²) in [6.45, 7) is 3.53. The third-order valence-electron chi connectivity index (χ3n) is 5.21. The zero-order chi connectivity index (χ0) is 17.7. The molecule has 0 spiro atoms. The van der Waals surface area contributed by atoms with E-state index in [9.17, 15) is 14.4 Å². The van der Waals surface area contributed by atoms with E-state index in [0.717, 1.165) is 23.4 Å². The van der Waals surface area contributed by atoms with Gasteiger partial charge in [0.25, 0.3) is 17.7 Å². The molecule has 3 saturated heterocycles. The molecule has 4 rings (SSSR count). The Hall–Kier alpha value is -2.41. The molecule has 0 aromatic heterocycles. The van der Waals surface area contributed by atoms with Crippen LogP contribution in [-0.4, -0.2) is 41.0 Å². The van der Waals surface area contributed by atoms with Crippen molar-refractivity contribution in [3.05, 3.63) is 29.8 Å². The van der Waals surface area contributed by atoms with Crippen molar-refractivity contribution in [2.75, 3.05) is 0 Å². The molecule has 1 aromatic carbocycles. The number of rotatable bonds is 4. The van der Waals surface area contributed by atoms with Crippen LogP contribution in [0, 0.1) is 18.8 Å². The first kappa shape index (κ1) is 16.1. The molecule has 0 unspecified atom stereocenters. The summed E-state index contributed by atoms with van der Waals surface area (Å²) >= 11 is 0. The summed E-state index contributed by atoms with van der Waals surface area (Å²) in [5.74, 6) is -1.65. The standard InChI is InChI=1S/C18H20N2O5/c1-9-3-5-11(6-4-9)24-10(2)16(21)19-20-17(22)14-12-7-8-13(25-12)15(14)18(20)23/h3-6,10,12-15H,7-8H2,1-2H3,(H,19,21)/t10-,12-,13-,14-,15+/m1/s1. The Kier molecular flexibility index (Phi) is 3.76. The van der Waals surface area contributed by atoms with E-state index in [1.54, 1.807) is 19.1 Å². The van der Waals surface area contributed by atoms with Crippen molar-refractivity contribution in [2.24, 2.45) is 11.8 Å². The second-order valence-corrected chi connectivity index (χ2v) is 6.90. The van der Waals surface area contributed by atoms with Crippen molar-refractivity contribution in [3.63, 3.8) is 0 Å². The molecule has 3 heterocycles. The molecule has 0 aliphatic carbocycles. The van der Waals surface area contributed by atoms with Gasteiger partial charge in [-0.05, 0) is 38.8 Å². The van der Waals surface area contributed by atoms with Crippen molar-refractivity contribution in [1.29, 1.82) is 0 Å². The number of aryl methyl sites for hydroxylation is 1. The van der Waals surface area contributed by atoms with E-state index in [1.165, 1.54) is 0 Å². The van der Waals surface area contributed by atoms with Crippen LogP contribution in [-0.2, 0) is 19.1 Å². The van der Waals surface area contributed by atoms with E-state index in [-0.39, 0.29) is 24.0 Å². The first-order valence-corrected chi connectivity index (χ1v) is 8.53. The van der Waals surface area contributed by atoms with Crippen LogP contribution in [0.3, 0.4) is 0 Å². The van der Waals surface area contributed by atoms with Crippen molar-refractivity contribution < 1.29 is 23.9 Å². The Balaban J connectivity index is 1.41. The summed E-state index contributed by atoms with van der Waals surface area (Å²) in [6.07, 6.45) is 0.347. The minimum atomic E-state index is -0.836. The number of nitrogens with zero attached hydrogens (tertiary/aromatic N) is 1. The summed E-state index contributed by atoms with van der Waals surface area (Å²) in [7, 11) is 0. The SMILES string of the molecule is Cc1ccc(O[C@H](C)C(=O)NN2C(=O)[C@@H]3[C@H](C2=O)[C@H]2CC[C@H]3O2)cc1. The van der Waals surface area contributed by atoms with Gasteiger partial charge in [0.15, 0.2) is 6.10 Å². The molecule has 5 atom stereocenters. The molecule has 3 aliphatic heterocycles. The van der Waals surface area contributed by atoms with Crippen LogP contribution in [0.5, 0.6) is 5.75 Å². The molecule has 7 nitrogen and oxygen atoms in total. The van der Waals surface area contributed by atoms with Gasteiger partial charge >= 0.3 is 0 Å². The number of hydrogen-bond acceptors (Lipinski definition) is 5. The highest BCUT2D eigenvalue weighted by Crippen LogP contribution is 2.47. The predicted octanol–water partition coefficient (Wildman–Crippen LogP) is 0.956. The van der Waals surface area contributed by atoms with Gasteiger partial charge in [0.1, 0.15) is 5.75 Å². The quantitative estimate of drug-likeness (QED) is 0.822. The number of fused-ring (bicyclic) bond motifs is 5. The molecule has 132 valence electrons. The summed E-state index contributed by atoms with van der Waals surface area (Å²) in [5.41, 5.74) is 3.51. The Morgan fingerprint density at radius 1 is 1.16 bits per heavy atom. The molecule has 2 bridgehead atoms. The maximum absolute atomic E-state index is 12.5. The van der Waals surface area contributed by atoms with Crippen molar-refractivity contribution in [1.82, 2.24) is 10.4 Å². The molecule has 7 heteroatoms. The number of imide groups is 1. The second kappa shape index (κ2) is 5.84. The van der Waals surface area contributed by atoms with Crippen LogP contribution in [0.2, 0.25) is 0 Å². The van der Waals surface area contributed by atoms with Gasteiger partial charge in [-0.15, -0.1) is 0 Å². The van der Waals surface area contributed by atoms with Gasteiger partial charge in [0, 0.05) is 0 Å². The lowest BCUT2D eigenvalue weighted by Gasteiger charge is -2.21. The lowest BCUT2D eigenvalue weighted by atomic mass is 9.81. The van der Waals surface area contributed by atoms with Crippen molar-refractivity contribution in [2.45, 2.75) is 45.0 Å². The maximum atomic E-state index is 12.5. The minimum absolute atomic E-state index is 0.199. The number of ether oxygens (including phenoxy) is 2. The largest absolute Gasteiger partial charge is 0.481 e. The van der Waals surface area contributed by atoms with Crippen LogP contribution in [0.4, 0.5) is 0 Å². The number of carbonyl (C=O) groups is 3. The summed E-state index contributed by atoms with van der Waals surface area (Å²) in [4.78, 5) is 37.4. The average molecular weight is 344 g/mol. The highest BCUT2D eigenvalue weighted by Gasteiger charge is 2.63. The van der Waals surface area contributed by atoms with E-state index in [1.807, 2.05) is 19.1 Å². The summed E-state index contributed by atoms with van der Waals surface area (Å²) in [6, 6.07) is 7.30. The fraction of sp³-hybridized carbons (Fsp3) is 0.500. The van der Waals surface area contributed by atoms with Gasteiger partial charge in [-0.25, -0.2) is 0 Å². The number of benzene rings is 1. The first-order chi connectivity index (χ1) is 12.0. The number of hydrazine groups is 1. The van der Waals surface area contributed by atoms with Crippen LogP contribution >= 0.6 is 0 Å². The van der Waals surface area contributed by atoms with Gasteiger partial charge < -0.3 is 9.47 Å². The highest BCUT2D eigenvalue weighted by molar-refractivity contribution is 6.07. The molecule has 3 aliphatic rings. The van der Waals surface area contributed by atoms with Crippen LogP contribution in [0.25, 0.3) is 0 Å². The molecule has 1 N–H and O–H groups in total. The molecule has 3 fully saturated rings. The third kappa shape index (κ3) is 2.59. The molecule has 3 amide bonds. The topological polar surface area (TPSA) is 84.9 Å². The predicted molar refractivity (Wildman–Crippen MR) is 86.1 cm³/mol. The Bertz CT molecular complexity index is 703. The Labute approximate surface area is 145 Å². The fourth-order valence-corrected chi connectivity index (χ4v) is 3.90. The Morgan fingerprint density at radius 2 is 1.72 bits per heavy atom. The highest BCUT2D eigenvalue weighted by atomic mass is 16.5. The Morgan fingerprint density at radius 3 is 2.28 bits per heavy atom. The van der Waals surface area contributed by atoms with Gasteiger partial charge in [-0.1, -0.05) is 17.7 Å². The molecule has 1 aromatic rings. The van der Waals surface area contributed by atoms with Crippen LogP contribution in [0.1, 0.15) is 25.3 Å². The van der Waals surface area contributed by atoms with Gasteiger partial charge in [0.05, 0.1) is 24.0 Å². The van der Waals surface area contributed by atoms with E-state index >= 15 is 0 Å². The number of hydrogen-bond donors (Lipinski definition) is 1. The van der Waals surface area contributed by atoms with E-state index in [2.05, 4.69) is 5.43 Å². The molecule has 25 heavy (non-hydrogen) atoms.